The summed E-state index contributed by atoms with van der Waals surface area (Å²) in [5, 5.41) is 9.54. The first kappa shape index (κ1) is 26.9. The minimum atomic E-state index is -0.509. The van der Waals surface area contributed by atoms with Crippen molar-refractivity contribution in [2.45, 2.75) is 89.4 Å². The molecule has 5 rings (SSSR count). The zero-order valence-electron chi connectivity index (χ0n) is 23.8. The molecule has 3 atom stereocenters. The highest BCUT2D eigenvalue weighted by molar-refractivity contribution is 7.74. The van der Waals surface area contributed by atoms with E-state index in [2.05, 4.69) is 133 Å². The lowest BCUT2D eigenvalue weighted by Crippen LogP contribution is -2.37. The van der Waals surface area contributed by atoms with Gasteiger partial charge in [-0.05, 0) is 80.5 Å². The van der Waals surface area contributed by atoms with Crippen LogP contribution in [0.5, 0.6) is 0 Å². The summed E-state index contributed by atoms with van der Waals surface area (Å²) < 4.78 is 0. The van der Waals surface area contributed by atoms with Crippen molar-refractivity contribution >= 4 is 48.0 Å². The number of hydrogen-bond acceptors (Lipinski definition) is 0. The van der Waals surface area contributed by atoms with Crippen molar-refractivity contribution in [1.82, 2.24) is 0 Å². The average Bonchev–Trinajstić information content (AvgIpc) is 3.32. The first-order valence-electron chi connectivity index (χ1n) is 14.1. The molecular weight excluding hydrogens is 482 g/mol. The van der Waals surface area contributed by atoms with E-state index in [9.17, 15) is 0 Å². The Hall–Kier alpha value is -1.74. The van der Waals surface area contributed by atoms with E-state index in [0.29, 0.717) is 10.3 Å². The van der Waals surface area contributed by atoms with E-state index in [1.807, 2.05) is 0 Å². The topological polar surface area (TPSA) is 0 Å². The monoisotopic (exact) mass is 526 g/mol. The second-order valence-electron chi connectivity index (χ2n) is 13.0. The SMILES string of the molecule is C[C@H](C1CCCC1P(c1cccc2ccccc12)c1cccc2ccccc12)P(C(C)(C)C)C(C)(C)C. The number of fused-ring (bicyclic) bond motifs is 2. The highest BCUT2D eigenvalue weighted by atomic mass is 31.1. The predicted octanol–water partition coefficient (Wildman–Crippen LogP) is 10.1. The molecule has 0 heterocycles. The summed E-state index contributed by atoms with van der Waals surface area (Å²) in [7, 11) is -0.672. The summed E-state index contributed by atoms with van der Waals surface area (Å²) >= 11 is 0. The van der Waals surface area contributed by atoms with E-state index >= 15 is 0 Å². The third kappa shape index (κ3) is 5.27. The minimum absolute atomic E-state index is 0.163. The highest BCUT2D eigenvalue weighted by Crippen LogP contribution is 2.67. The Morgan fingerprint density at radius 3 is 1.57 bits per heavy atom. The van der Waals surface area contributed by atoms with Crippen LogP contribution in [0.3, 0.4) is 0 Å². The molecule has 0 nitrogen and oxygen atoms in total. The van der Waals surface area contributed by atoms with E-state index < -0.39 is 7.92 Å². The van der Waals surface area contributed by atoms with Crippen LogP contribution in [0.2, 0.25) is 0 Å². The Morgan fingerprint density at radius 2 is 1.08 bits per heavy atom. The van der Waals surface area contributed by atoms with Crippen LogP contribution in [0.15, 0.2) is 84.9 Å². The van der Waals surface area contributed by atoms with E-state index in [0.717, 1.165) is 17.2 Å². The van der Waals surface area contributed by atoms with Gasteiger partial charge in [-0.3, -0.25) is 0 Å². The molecule has 4 aromatic rings. The lowest BCUT2D eigenvalue weighted by molar-refractivity contribution is 0.527. The molecule has 2 unspecified atom stereocenters. The van der Waals surface area contributed by atoms with Crippen molar-refractivity contribution in [2.75, 3.05) is 0 Å². The molecule has 0 saturated heterocycles. The predicted molar refractivity (Wildman–Crippen MR) is 171 cm³/mol. The lowest BCUT2D eigenvalue weighted by atomic mass is 10.0. The van der Waals surface area contributed by atoms with Gasteiger partial charge in [0, 0.05) is 0 Å². The fourth-order valence-corrected chi connectivity index (χ4v) is 16.6. The fraction of sp³-hybridized carbons (Fsp3) is 0.429. The van der Waals surface area contributed by atoms with Crippen molar-refractivity contribution in [3.8, 4) is 0 Å². The second kappa shape index (κ2) is 10.4. The normalized spacial score (nSPS) is 19.8. The summed E-state index contributed by atoms with van der Waals surface area (Å²) in [6, 6.07) is 32.3. The first-order valence-corrected chi connectivity index (χ1v) is 16.9. The maximum absolute atomic E-state index is 2.63. The summed E-state index contributed by atoms with van der Waals surface area (Å²) in [5.74, 6) is 0.772. The van der Waals surface area contributed by atoms with Gasteiger partial charge >= 0.3 is 0 Å². The molecule has 37 heavy (non-hydrogen) atoms. The molecule has 0 amide bonds. The smallest absolute Gasteiger partial charge is 0.00941 e. The maximum Gasteiger partial charge on any atom is -0.00941 e. The molecule has 4 aromatic carbocycles. The van der Waals surface area contributed by atoms with Crippen LogP contribution in [0.4, 0.5) is 0 Å². The molecule has 1 fully saturated rings. The van der Waals surface area contributed by atoms with Gasteiger partial charge in [-0.2, -0.15) is 0 Å². The number of hydrogen-bond donors (Lipinski definition) is 0. The Morgan fingerprint density at radius 1 is 0.622 bits per heavy atom. The van der Waals surface area contributed by atoms with Gasteiger partial charge in [0.1, 0.15) is 0 Å². The van der Waals surface area contributed by atoms with Gasteiger partial charge in [-0.1, -0.05) is 148 Å². The van der Waals surface area contributed by atoms with E-state index in [4.69, 9.17) is 0 Å². The zero-order chi connectivity index (χ0) is 26.4. The molecule has 1 saturated carbocycles. The molecule has 0 spiro atoms. The summed E-state index contributed by atoms with van der Waals surface area (Å²) in [6.07, 6.45) is 4.10. The van der Waals surface area contributed by atoms with Gasteiger partial charge in [0.05, 0.1) is 0 Å². The zero-order valence-corrected chi connectivity index (χ0v) is 25.6. The molecule has 1 aliphatic rings. The maximum atomic E-state index is 2.63. The molecule has 0 aliphatic heterocycles. The summed E-state index contributed by atoms with van der Waals surface area (Å²) in [6.45, 7) is 17.6. The van der Waals surface area contributed by atoms with Crippen molar-refractivity contribution in [3.63, 3.8) is 0 Å². The van der Waals surface area contributed by atoms with Crippen LogP contribution in [0.25, 0.3) is 21.5 Å². The third-order valence-corrected chi connectivity index (χ3v) is 15.6. The minimum Gasteiger partial charge on any atom is -0.0924 e. The summed E-state index contributed by atoms with van der Waals surface area (Å²) in [5.41, 5.74) is 1.47. The van der Waals surface area contributed by atoms with Gasteiger partial charge in [-0.25, -0.2) is 0 Å². The molecular formula is C35H44P2. The van der Waals surface area contributed by atoms with Crippen LogP contribution in [0.1, 0.15) is 67.7 Å². The van der Waals surface area contributed by atoms with Gasteiger partial charge in [0.2, 0.25) is 0 Å². The lowest BCUT2D eigenvalue weighted by Gasteiger charge is -2.49. The molecule has 2 heteroatoms. The van der Waals surface area contributed by atoms with Crippen molar-refractivity contribution in [2.24, 2.45) is 5.92 Å². The molecule has 194 valence electrons. The standard InChI is InChI=1S/C35H44P2/c1-25(37(34(2,3)4)35(5,6)7)28-21-14-24-31(28)36(32-22-12-17-26-15-8-10-19-29(26)32)33-23-13-18-27-16-9-11-20-30(27)33/h8-13,15-20,22-23,25,28,31H,14,21,24H2,1-7H3/t25-,28?,31?/m1/s1. The average molecular weight is 527 g/mol. The van der Waals surface area contributed by atoms with Crippen LogP contribution in [-0.4, -0.2) is 21.6 Å². The number of rotatable bonds is 5. The Balaban J connectivity index is 1.70. The molecule has 0 radical (unpaired) electrons. The van der Waals surface area contributed by atoms with Gasteiger partial charge < -0.3 is 0 Å². The van der Waals surface area contributed by atoms with Crippen molar-refractivity contribution in [3.05, 3.63) is 84.9 Å². The van der Waals surface area contributed by atoms with Crippen LogP contribution < -0.4 is 10.6 Å². The van der Waals surface area contributed by atoms with Crippen LogP contribution >= 0.6 is 15.8 Å². The highest BCUT2D eigenvalue weighted by Gasteiger charge is 2.46. The van der Waals surface area contributed by atoms with E-state index in [1.165, 1.54) is 40.8 Å². The van der Waals surface area contributed by atoms with Gasteiger partial charge in [0.15, 0.2) is 0 Å². The fourth-order valence-electron chi connectivity index (χ4n) is 7.60. The van der Waals surface area contributed by atoms with Crippen molar-refractivity contribution in [1.29, 1.82) is 0 Å². The largest absolute Gasteiger partial charge is 0.0924 e. The van der Waals surface area contributed by atoms with Gasteiger partial charge in [-0.15, -0.1) is 0 Å². The summed E-state index contributed by atoms with van der Waals surface area (Å²) in [4.78, 5) is 0. The van der Waals surface area contributed by atoms with Crippen molar-refractivity contribution < 1.29 is 0 Å². The quantitative estimate of drug-likeness (QED) is 0.227. The Labute approximate surface area is 227 Å². The first-order chi connectivity index (χ1) is 17.6. The van der Waals surface area contributed by atoms with Crippen LogP contribution in [0, 0.1) is 5.92 Å². The number of benzene rings is 4. The third-order valence-electron chi connectivity index (χ3n) is 8.39. The Bertz CT molecular complexity index is 1270. The van der Waals surface area contributed by atoms with E-state index in [1.54, 1.807) is 10.6 Å². The van der Waals surface area contributed by atoms with E-state index in [-0.39, 0.29) is 7.92 Å². The molecule has 0 N–H and O–H groups in total. The Kier molecular flexibility index (Phi) is 7.57. The van der Waals surface area contributed by atoms with Crippen LogP contribution in [-0.2, 0) is 0 Å². The molecule has 0 bridgehead atoms. The molecule has 0 aromatic heterocycles. The second-order valence-corrected chi connectivity index (χ2v) is 19.6. The molecule has 1 aliphatic carbocycles. The van der Waals surface area contributed by atoms with Gasteiger partial charge in [0.25, 0.3) is 0 Å².